The van der Waals surface area contributed by atoms with Crippen molar-refractivity contribution in [3.8, 4) is 5.69 Å². The standard InChI is InChI=1S/C11H11NO3S/c1-9-6-7-12(8-9)10-2-4-11(5-3-10)16(13,14)15/h2-8H,1H3,(H,13,14,15). The van der Waals surface area contributed by atoms with Gasteiger partial charge in [0.2, 0.25) is 0 Å². The lowest BCUT2D eigenvalue weighted by molar-refractivity contribution is 0.483. The normalized spacial score (nSPS) is 11.6. The molecule has 4 nitrogen and oxygen atoms in total. The van der Waals surface area contributed by atoms with Crippen LogP contribution in [0.25, 0.3) is 5.69 Å². The van der Waals surface area contributed by atoms with Gasteiger partial charge in [0.25, 0.3) is 10.1 Å². The van der Waals surface area contributed by atoms with Gasteiger partial charge < -0.3 is 4.57 Å². The summed E-state index contributed by atoms with van der Waals surface area (Å²) in [6.07, 6.45) is 3.82. The van der Waals surface area contributed by atoms with Crippen LogP contribution in [0.3, 0.4) is 0 Å². The Hall–Kier alpha value is -1.59. The van der Waals surface area contributed by atoms with Crippen molar-refractivity contribution in [1.82, 2.24) is 4.57 Å². The largest absolute Gasteiger partial charge is 0.324 e. The molecule has 0 unspecified atom stereocenters. The molecule has 0 radical (unpaired) electrons. The second kappa shape index (κ2) is 3.77. The quantitative estimate of drug-likeness (QED) is 0.813. The zero-order chi connectivity index (χ0) is 11.8. The minimum absolute atomic E-state index is 0.0971. The highest BCUT2D eigenvalue weighted by molar-refractivity contribution is 7.85. The molecule has 1 N–H and O–H groups in total. The van der Waals surface area contributed by atoms with E-state index in [-0.39, 0.29) is 4.90 Å². The van der Waals surface area contributed by atoms with Crippen molar-refractivity contribution in [3.63, 3.8) is 0 Å². The lowest BCUT2D eigenvalue weighted by Crippen LogP contribution is -1.98. The van der Waals surface area contributed by atoms with Crippen molar-refractivity contribution in [2.75, 3.05) is 0 Å². The number of hydrogen-bond donors (Lipinski definition) is 1. The molecule has 0 spiro atoms. The van der Waals surface area contributed by atoms with E-state index >= 15 is 0 Å². The first-order chi connectivity index (χ1) is 7.47. The molecule has 16 heavy (non-hydrogen) atoms. The molecule has 5 heteroatoms. The highest BCUT2D eigenvalue weighted by Gasteiger charge is 2.08. The number of rotatable bonds is 2. The summed E-state index contributed by atoms with van der Waals surface area (Å²) in [5.74, 6) is 0. The molecule has 1 heterocycles. The van der Waals surface area contributed by atoms with Crippen LogP contribution >= 0.6 is 0 Å². The van der Waals surface area contributed by atoms with E-state index in [9.17, 15) is 8.42 Å². The predicted molar refractivity (Wildman–Crippen MR) is 60.3 cm³/mol. The van der Waals surface area contributed by atoms with Gasteiger partial charge in [-0.05, 0) is 42.8 Å². The van der Waals surface area contributed by atoms with Crippen LogP contribution in [-0.2, 0) is 10.1 Å². The van der Waals surface area contributed by atoms with Crippen molar-refractivity contribution < 1.29 is 13.0 Å². The Morgan fingerprint density at radius 1 is 1.12 bits per heavy atom. The van der Waals surface area contributed by atoms with Gasteiger partial charge in [-0.15, -0.1) is 0 Å². The molecule has 84 valence electrons. The second-order valence-corrected chi connectivity index (χ2v) is 4.99. The Labute approximate surface area is 93.9 Å². The lowest BCUT2D eigenvalue weighted by atomic mass is 10.3. The van der Waals surface area contributed by atoms with Gasteiger partial charge in [0.15, 0.2) is 0 Å². The summed E-state index contributed by atoms with van der Waals surface area (Å²) in [7, 11) is -4.11. The molecule has 0 aliphatic carbocycles. The molecule has 1 aromatic carbocycles. The zero-order valence-electron chi connectivity index (χ0n) is 8.66. The van der Waals surface area contributed by atoms with Crippen LogP contribution in [0, 0.1) is 6.92 Å². The van der Waals surface area contributed by atoms with Gasteiger partial charge in [0.1, 0.15) is 0 Å². The molecule has 2 rings (SSSR count). The average Bonchev–Trinajstić information content (AvgIpc) is 2.64. The monoisotopic (exact) mass is 237 g/mol. The van der Waals surface area contributed by atoms with Crippen LogP contribution in [0.1, 0.15) is 5.56 Å². The topological polar surface area (TPSA) is 59.3 Å². The van der Waals surface area contributed by atoms with Crippen molar-refractivity contribution in [2.24, 2.45) is 0 Å². The number of aryl methyl sites for hydroxylation is 1. The van der Waals surface area contributed by atoms with E-state index < -0.39 is 10.1 Å². The molecule has 1 aromatic heterocycles. The maximum atomic E-state index is 10.8. The van der Waals surface area contributed by atoms with E-state index in [0.717, 1.165) is 11.3 Å². The van der Waals surface area contributed by atoms with Crippen molar-refractivity contribution in [1.29, 1.82) is 0 Å². The second-order valence-electron chi connectivity index (χ2n) is 3.57. The average molecular weight is 237 g/mol. The Balaban J connectivity index is 2.40. The molecule has 0 amide bonds. The SMILES string of the molecule is Cc1ccn(-c2ccc(S(=O)(=O)O)cc2)c1. The summed E-state index contributed by atoms with van der Waals surface area (Å²) < 4.78 is 32.4. The van der Waals surface area contributed by atoms with E-state index in [1.165, 1.54) is 12.1 Å². The van der Waals surface area contributed by atoms with Gasteiger partial charge in [-0.2, -0.15) is 8.42 Å². The van der Waals surface area contributed by atoms with Crippen LogP contribution in [0.2, 0.25) is 0 Å². The molecule has 0 atom stereocenters. The minimum atomic E-state index is -4.11. The van der Waals surface area contributed by atoms with Gasteiger partial charge in [-0.3, -0.25) is 4.55 Å². The van der Waals surface area contributed by atoms with E-state index in [1.54, 1.807) is 12.1 Å². The van der Waals surface area contributed by atoms with Crippen molar-refractivity contribution in [2.45, 2.75) is 11.8 Å². The van der Waals surface area contributed by atoms with Gasteiger partial charge >= 0.3 is 0 Å². The van der Waals surface area contributed by atoms with Crippen LogP contribution in [-0.4, -0.2) is 17.5 Å². The van der Waals surface area contributed by atoms with Gasteiger partial charge in [-0.25, -0.2) is 0 Å². The summed E-state index contributed by atoms with van der Waals surface area (Å²) in [6, 6.07) is 7.99. The Bertz CT molecular complexity index is 596. The molecule has 0 saturated carbocycles. The fourth-order valence-electron chi connectivity index (χ4n) is 1.45. The number of nitrogens with zero attached hydrogens (tertiary/aromatic N) is 1. The molecule has 2 aromatic rings. The van der Waals surface area contributed by atoms with E-state index in [1.807, 2.05) is 30.0 Å². The molecule has 0 bridgehead atoms. The zero-order valence-corrected chi connectivity index (χ0v) is 9.48. The highest BCUT2D eigenvalue weighted by Crippen LogP contribution is 2.14. The summed E-state index contributed by atoms with van der Waals surface area (Å²) in [5, 5.41) is 0. The lowest BCUT2D eigenvalue weighted by Gasteiger charge is -2.03. The first-order valence-electron chi connectivity index (χ1n) is 4.69. The van der Waals surface area contributed by atoms with Gasteiger partial charge in [0, 0.05) is 18.1 Å². The Morgan fingerprint density at radius 3 is 2.19 bits per heavy atom. The molecule has 0 aliphatic heterocycles. The van der Waals surface area contributed by atoms with Crippen molar-refractivity contribution in [3.05, 3.63) is 48.3 Å². The third kappa shape index (κ3) is 2.15. The maximum Gasteiger partial charge on any atom is 0.294 e. The number of hydrogen-bond acceptors (Lipinski definition) is 2. The van der Waals surface area contributed by atoms with Crippen LogP contribution in [0.5, 0.6) is 0 Å². The molecule has 0 aliphatic rings. The summed E-state index contributed by atoms with van der Waals surface area (Å²) >= 11 is 0. The summed E-state index contributed by atoms with van der Waals surface area (Å²) in [5.41, 5.74) is 1.97. The van der Waals surface area contributed by atoms with E-state index in [2.05, 4.69) is 0 Å². The first-order valence-corrected chi connectivity index (χ1v) is 6.13. The third-order valence-electron chi connectivity index (χ3n) is 2.27. The number of aromatic nitrogens is 1. The number of benzene rings is 1. The molecule has 0 saturated heterocycles. The molecular weight excluding hydrogens is 226 g/mol. The smallest absolute Gasteiger partial charge is 0.294 e. The summed E-state index contributed by atoms with van der Waals surface area (Å²) in [4.78, 5) is -0.0971. The fourth-order valence-corrected chi connectivity index (χ4v) is 1.93. The highest BCUT2D eigenvalue weighted by atomic mass is 32.2. The molecule has 0 fully saturated rings. The summed E-state index contributed by atoms with van der Waals surface area (Å²) in [6.45, 7) is 1.98. The Kier molecular flexibility index (Phi) is 2.57. The maximum absolute atomic E-state index is 10.8. The Morgan fingerprint density at radius 2 is 1.75 bits per heavy atom. The minimum Gasteiger partial charge on any atom is -0.324 e. The van der Waals surface area contributed by atoms with Crippen LogP contribution < -0.4 is 0 Å². The third-order valence-corrected chi connectivity index (χ3v) is 3.14. The van der Waals surface area contributed by atoms with Crippen molar-refractivity contribution >= 4 is 10.1 Å². The van der Waals surface area contributed by atoms with Gasteiger partial charge in [0.05, 0.1) is 4.90 Å². The first kappa shape index (κ1) is 10.9. The predicted octanol–water partition coefficient (Wildman–Crippen LogP) is 2.03. The van der Waals surface area contributed by atoms with E-state index in [4.69, 9.17) is 4.55 Å². The van der Waals surface area contributed by atoms with Gasteiger partial charge in [-0.1, -0.05) is 0 Å². The molecular formula is C11H11NO3S. The van der Waals surface area contributed by atoms with Crippen LogP contribution in [0.4, 0.5) is 0 Å². The van der Waals surface area contributed by atoms with E-state index in [0.29, 0.717) is 0 Å². The van der Waals surface area contributed by atoms with Crippen LogP contribution in [0.15, 0.2) is 47.6 Å². The fraction of sp³-hybridized carbons (Fsp3) is 0.0909.